The second kappa shape index (κ2) is 4.75. The van der Waals surface area contributed by atoms with E-state index in [1.54, 1.807) is 0 Å². The van der Waals surface area contributed by atoms with Gasteiger partial charge in [0.2, 0.25) is 0 Å². The van der Waals surface area contributed by atoms with E-state index < -0.39 is 0 Å². The van der Waals surface area contributed by atoms with Gasteiger partial charge in [-0.05, 0) is 12.8 Å². The van der Waals surface area contributed by atoms with Crippen LogP contribution in [0.25, 0.3) is 0 Å². The van der Waals surface area contributed by atoms with E-state index in [0.717, 1.165) is 13.1 Å². The highest BCUT2D eigenvalue weighted by molar-refractivity contribution is 5.69. The van der Waals surface area contributed by atoms with Crippen LogP contribution in [0.5, 0.6) is 0 Å². The summed E-state index contributed by atoms with van der Waals surface area (Å²) in [5, 5.41) is 0. The molecule has 2 N–H and O–H groups in total. The lowest BCUT2D eigenvalue weighted by atomic mass is 10.1. The number of rotatable bonds is 3. The SMILES string of the molecule is COC(=O)CC(C)N1CC(C)C(N)C1. The summed E-state index contributed by atoms with van der Waals surface area (Å²) in [5.41, 5.74) is 5.91. The Hall–Kier alpha value is -0.610. The van der Waals surface area contributed by atoms with Crippen LogP contribution in [0.1, 0.15) is 20.3 Å². The first-order valence-electron chi connectivity index (χ1n) is 5.11. The molecular weight excluding hydrogens is 180 g/mol. The van der Waals surface area contributed by atoms with Crippen LogP contribution in [-0.2, 0) is 9.53 Å². The van der Waals surface area contributed by atoms with Crippen LogP contribution < -0.4 is 5.73 Å². The minimum atomic E-state index is -0.148. The van der Waals surface area contributed by atoms with Crippen molar-refractivity contribution in [3.8, 4) is 0 Å². The fourth-order valence-electron chi connectivity index (χ4n) is 1.84. The number of esters is 1. The van der Waals surface area contributed by atoms with Crippen molar-refractivity contribution in [1.29, 1.82) is 0 Å². The van der Waals surface area contributed by atoms with Crippen LogP contribution in [-0.4, -0.2) is 43.2 Å². The number of nitrogens with two attached hydrogens (primary N) is 1. The first-order chi connectivity index (χ1) is 6.54. The molecule has 0 spiro atoms. The first kappa shape index (κ1) is 11.5. The predicted octanol–water partition coefficient (Wildman–Crippen LogP) is 0.217. The van der Waals surface area contributed by atoms with Crippen LogP contribution in [0.3, 0.4) is 0 Å². The van der Waals surface area contributed by atoms with Crippen LogP contribution in [0.2, 0.25) is 0 Å². The fraction of sp³-hybridized carbons (Fsp3) is 0.900. The molecule has 0 saturated carbocycles. The fourth-order valence-corrected chi connectivity index (χ4v) is 1.84. The summed E-state index contributed by atoms with van der Waals surface area (Å²) in [4.78, 5) is 13.3. The van der Waals surface area contributed by atoms with Crippen molar-refractivity contribution in [3.05, 3.63) is 0 Å². The lowest BCUT2D eigenvalue weighted by molar-refractivity contribution is -0.141. The van der Waals surface area contributed by atoms with Crippen molar-refractivity contribution in [3.63, 3.8) is 0 Å². The molecule has 1 aliphatic rings. The number of hydrogen-bond acceptors (Lipinski definition) is 4. The third kappa shape index (κ3) is 2.69. The van der Waals surface area contributed by atoms with E-state index >= 15 is 0 Å². The third-order valence-electron chi connectivity index (χ3n) is 3.01. The number of carbonyl (C=O) groups is 1. The van der Waals surface area contributed by atoms with Crippen LogP contribution in [0.15, 0.2) is 0 Å². The molecule has 0 radical (unpaired) electrons. The van der Waals surface area contributed by atoms with Gasteiger partial charge in [-0.2, -0.15) is 0 Å². The molecule has 0 aromatic rings. The molecule has 3 unspecified atom stereocenters. The lowest BCUT2D eigenvalue weighted by Crippen LogP contribution is -2.35. The Balaban J connectivity index is 2.39. The van der Waals surface area contributed by atoms with Crippen LogP contribution in [0, 0.1) is 5.92 Å². The standard InChI is InChI=1S/C10H20N2O2/c1-7-5-12(6-9(7)11)8(2)4-10(13)14-3/h7-9H,4-6,11H2,1-3H3. The largest absolute Gasteiger partial charge is 0.469 e. The van der Waals surface area contributed by atoms with Gasteiger partial charge in [-0.3, -0.25) is 9.69 Å². The molecule has 0 aliphatic carbocycles. The van der Waals surface area contributed by atoms with Gasteiger partial charge in [0.15, 0.2) is 0 Å². The van der Waals surface area contributed by atoms with Gasteiger partial charge in [-0.25, -0.2) is 0 Å². The molecule has 1 saturated heterocycles. The maximum atomic E-state index is 11.1. The van der Waals surface area contributed by atoms with Gasteiger partial charge in [0.05, 0.1) is 13.5 Å². The van der Waals surface area contributed by atoms with E-state index in [-0.39, 0.29) is 18.1 Å². The zero-order valence-corrected chi connectivity index (χ0v) is 9.19. The number of ether oxygens (including phenoxy) is 1. The van der Waals surface area contributed by atoms with Crippen molar-refractivity contribution in [2.24, 2.45) is 11.7 Å². The smallest absolute Gasteiger partial charge is 0.307 e. The van der Waals surface area contributed by atoms with Gasteiger partial charge in [0.1, 0.15) is 0 Å². The lowest BCUT2D eigenvalue weighted by Gasteiger charge is -2.22. The van der Waals surface area contributed by atoms with Crippen LogP contribution >= 0.6 is 0 Å². The van der Waals surface area contributed by atoms with Gasteiger partial charge in [0, 0.05) is 25.2 Å². The molecule has 4 nitrogen and oxygen atoms in total. The third-order valence-corrected chi connectivity index (χ3v) is 3.01. The highest BCUT2D eigenvalue weighted by atomic mass is 16.5. The Morgan fingerprint density at radius 2 is 2.29 bits per heavy atom. The summed E-state index contributed by atoms with van der Waals surface area (Å²) >= 11 is 0. The zero-order valence-electron chi connectivity index (χ0n) is 9.19. The Labute approximate surface area is 85.4 Å². The molecule has 14 heavy (non-hydrogen) atoms. The van der Waals surface area contributed by atoms with Gasteiger partial charge >= 0.3 is 5.97 Å². The van der Waals surface area contributed by atoms with Crippen molar-refractivity contribution in [2.45, 2.75) is 32.4 Å². The topological polar surface area (TPSA) is 55.6 Å². The number of likely N-dealkylation sites (tertiary alicyclic amines) is 1. The van der Waals surface area contributed by atoms with Crippen molar-refractivity contribution < 1.29 is 9.53 Å². The van der Waals surface area contributed by atoms with E-state index in [0.29, 0.717) is 12.3 Å². The number of hydrogen-bond donors (Lipinski definition) is 1. The molecule has 0 aromatic carbocycles. The monoisotopic (exact) mass is 200 g/mol. The molecule has 1 rings (SSSR count). The molecule has 3 atom stereocenters. The summed E-state index contributed by atoms with van der Waals surface area (Å²) in [7, 11) is 1.42. The highest BCUT2D eigenvalue weighted by Gasteiger charge is 2.30. The van der Waals surface area contributed by atoms with Gasteiger partial charge in [-0.15, -0.1) is 0 Å². The van der Waals surface area contributed by atoms with E-state index in [1.165, 1.54) is 7.11 Å². The molecule has 1 fully saturated rings. The Bertz CT molecular complexity index is 198. The predicted molar refractivity (Wildman–Crippen MR) is 54.8 cm³/mol. The quantitative estimate of drug-likeness (QED) is 0.662. The second-order valence-corrected chi connectivity index (χ2v) is 4.22. The summed E-state index contributed by atoms with van der Waals surface area (Å²) < 4.78 is 4.64. The second-order valence-electron chi connectivity index (χ2n) is 4.22. The zero-order chi connectivity index (χ0) is 10.7. The summed E-state index contributed by atoms with van der Waals surface area (Å²) in [5.74, 6) is 0.376. The van der Waals surface area contributed by atoms with Gasteiger partial charge in [0.25, 0.3) is 0 Å². The minimum Gasteiger partial charge on any atom is -0.469 e. The van der Waals surface area contributed by atoms with E-state index in [1.807, 2.05) is 6.92 Å². The molecule has 0 bridgehead atoms. The average molecular weight is 200 g/mol. The molecule has 82 valence electrons. The Morgan fingerprint density at radius 3 is 2.71 bits per heavy atom. The van der Waals surface area contributed by atoms with Crippen molar-refractivity contribution in [2.75, 3.05) is 20.2 Å². The van der Waals surface area contributed by atoms with Gasteiger partial charge < -0.3 is 10.5 Å². The van der Waals surface area contributed by atoms with Crippen molar-refractivity contribution in [1.82, 2.24) is 4.90 Å². The average Bonchev–Trinajstić information content (AvgIpc) is 2.47. The maximum absolute atomic E-state index is 11.1. The van der Waals surface area contributed by atoms with E-state index in [9.17, 15) is 4.79 Å². The molecule has 4 heteroatoms. The van der Waals surface area contributed by atoms with E-state index in [4.69, 9.17) is 5.73 Å². The number of nitrogens with zero attached hydrogens (tertiary/aromatic N) is 1. The Kier molecular flexibility index (Phi) is 3.89. The highest BCUT2D eigenvalue weighted by Crippen LogP contribution is 2.18. The normalized spacial score (nSPS) is 30.3. The van der Waals surface area contributed by atoms with E-state index in [2.05, 4.69) is 16.6 Å². The van der Waals surface area contributed by atoms with Crippen molar-refractivity contribution >= 4 is 5.97 Å². The summed E-state index contributed by atoms with van der Waals surface area (Å²) in [6.07, 6.45) is 0.454. The molecule has 0 aromatic heterocycles. The summed E-state index contributed by atoms with van der Waals surface area (Å²) in [6.45, 7) is 6.07. The minimum absolute atomic E-state index is 0.148. The molecule has 1 aliphatic heterocycles. The summed E-state index contributed by atoms with van der Waals surface area (Å²) in [6, 6.07) is 0.480. The Morgan fingerprint density at radius 1 is 1.64 bits per heavy atom. The van der Waals surface area contributed by atoms with Gasteiger partial charge in [-0.1, -0.05) is 6.92 Å². The molecule has 0 amide bonds. The first-order valence-corrected chi connectivity index (χ1v) is 5.11. The number of carbonyl (C=O) groups excluding carboxylic acids is 1. The maximum Gasteiger partial charge on any atom is 0.307 e. The molecular formula is C10H20N2O2. The van der Waals surface area contributed by atoms with Crippen LogP contribution in [0.4, 0.5) is 0 Å². The molecule has 1 heterocycles. The number of methoxy groups -OCH3 is 1.